The van der Waals surface area contributed by atoms with Crippen molar-refractivity contribution in [2.45, 2.75) is 37.3 Å². The van der Waals surface area contributed by atoms with Crippen LogP contribution in [0.1, 0.15) is 20.8 Å². The molecule has 2 fully saturated rings. The number of ether oxygens (including phenoxy) is 1. The normalized spacial score (nSPS) is 24.7. The van der Waals surface area contributed by atoms with E-state index < -0.39 is 15.6 Å². The van der Waals surface area contributed by atoms with Crippen LogP contribution in [-0.2, 0) is 14.8 Å². The van der Waals surface area contributed by atoms with Gasteiger partial charge in [-0.1, -0.05) is 30.3 Å². The topological polar surface area (TPSA) is 75.7 Å². The zero-order valence-electron chi connectivity index (χ0n) is 15.7. The molecule has 1 heterocycles. The van der Waals surface area contributed by atoms with Gasteiger partial charge in [-0.25, -0.2) is 17.9 Å². The van der Waals surface area contributed by atoms with E-state index in [1.807, 2.05) is 51.1 Å². The second-order valence-corrected chi connectivity index (χ2v) is 10.1. The fourth-order valence-electron chi connectivity index (χ4n) is 3.76. The summed E-state index contributed by atoms with van der Waals surface area (Å²) in [6.07, 6.45) is -0.328. The maximum atomic E-state index is 12.7. The zero-order chi connectivity index (χ0) is 19.4. The number of nitrogens with zero attached hydrogens (tertiary/aromatic N) is 1. The van der Waals surface area contributed by atoms with E-state index in [1.54, 1.807) is 17.0 Å². The van der Waals surface area contributed by atoms with Crippen molar-refractivity contribution < 1.29 is 17.9 Å². The van der Waals surface area contributed by atoms with Crippen LogP contribution in [0.2, 0.25) is 0 Å². The lowest BCUT2D eigenvalue weighted by Crippen LogP contribution is -2.40. The monoisotopic (exact) mass is 388 g/mol. The Morgan fingerprint density at radius 1 is 1.07 bits per heavy atom. The fourth-order valence-corrected chi connectivity index (χ4v) is 5.13. The van der Waals surface area contributed by atoms with E-state index in [0.29, 0.717) is 13.1 Å². The molecule has 1 aliphatic carbocycles. The van der Waals surface area contributed by atoms with Gasteiger partial charge in [-0.15, -0.1) is 0 Å². The minimum Gasteiger partial charge on any atom is -0.444 e. The van der Waals surface area contributed by atoms with Crippen molar-refractivity contribution in [3.05, 3.63) is 42.5 Å². The average Bonchev–Trinajstić information content (AvgIpc) is 3.02. The molecule has 1 saturated carbocycles. The summed E-state index contributed by atoms with van der Waals surface area (Å²) < 4.78 is 33.7. The van der Waals surface area contributed by atoms with E-state index in [9.17, 15) is 13.2 Å². The van der Waals surface area contributed by atoms with Gasteiger partial charge in [0.15, 0.2) is 0 Å². The van der Waals surface area contributed by atoms with Gasteiger partial charge in [0.2, 0.25) is 10.0 Å². The van der Waals surface area contributed by atoms with Crippen molar-refractivity contribution in [2.75, 3.05) is 13.1 Å². The lowest BCUT2D eigenvalue weighted by molar-refractivity contribution is 0.0271. The third kappa shape index (κ3) is 3.66. The molecular formula is C20H24N2O4S. The van der Waals surface area contributed by atoms with E-state index in [0.717, 1.165) is 10.8 Å². The highest BCUT2D eigenvalue weighted by atomic mass is 32.2. The van der Waals surface area contributed by atoms with Gasteiger partial charge in [-0.2, -0.15) is 0 Å². The number of piperidine rings is 1. The molecule has 2 atom stereocenters. The van der Waals surface area contributed by atoms with Gasteiger partial charge < -0.3 is 9.64 Å². The van der Waals surface area contributed by atoms with E-state index in [2.05, 4.69) is 4.72 Å². The first-order valence-electron chi connectivity index (χ1n) is 9.13. The molecule has 1 aliphatic heterocycles. The molecule has 0 radical (unpaired) electrons. The van der Waals surface area contributed by atoms with Gasteiger partial charge >= 0.3 is 6.09 Å². The molecule has 4 rings (SSSR count). The van der Waals surface area contributed by atoms with Gasteiger partial charge in [0, 0.05) is 19.1 Å². The Kier molecular flexibility index (Phi) is 4.20. The van der Waals surface area contributed by atoms with Crippen molar-refractivity contribution in [3.63, 3.8) is 0 Å². The SMILES string of the molecule is CC(C)(C)OC(=O)N1CC2C(C1)C2NS(=O)(=O)c1ccc2ccccc2c1. The van der Waals surface area contributed by atoms with Crippen molar-refractivity contribution in [3.8, 4) is 0 Å². The summed E-state index contributed by atoms with van der Waals surface area (Å²) in [5, 5.41) is 1.90. The fraction of sp³-hybridized carbons (Fsp3) is 0.450. The molecule has 2 aromatic carbocycles. The Morgan fingerprint density at radius 2 is 1.70 bits per heavy atom. The largest absolute Gasteiger partial charge is 0.444 e. The van der Waals surface area contributed by atoms with Crippen LogP contribution in [0.25, 0.3) is 10.8 Å². The predicted octanol–water partition coefficient (Wildman–Crippen LogP) is 2.98. The molecule has 1 saturated heterocycles. The maximum Gasteiger partial charge on any atom is 0.410 e. The Bertz CT molecular complexity index is 984. The minimum absolute atomic E-state index is 0.111. The molecular weight excluding hydrogens is 364 g/mol. The van der Waals surface area contributed by atoms with Gasteiger partial charge in [0.05, 0.1) is 4.90 Å². The summed E-state index contributed by atoms with van der Waals surface area (Å²) in [5.74, 6) is 0.320. The minimum atomic E-state index is -3.58. The predicted molar refractivity (Wildman–Crippen MR) is 103 cm³/mol. The number of fused-ring (bicyclic) bond motifs is 2. The molecule has 144 valence electrons. The van der Waals surface area contributed by atoms with E-state index in [4.69, 9.17) is 4.74 Å². The Labute approximate surface area is 159 Å². The molecule has 2 aliphatic rings. The van der Waals surface area contributed by atoms with Crippen molar-refractivity contribution in [1.82, 2.24) is 9.62 Å². The highest BCUT2D eigenvalue weighted by Crippen LogP contribution is 2.46. The zero-order valence-corrected chi connectivity index (χ0v) is 16.5. The van der Waals surface area contributed by atoms with Crippen LogP contribution >= 0.6 is 0 Å². The highest BCUT2D eigenvalue weighted by Gasteiger charge is 2.58. The van der Waals surface area contributed by atoms with Gasteiger partial charge in [-0.05, 0) is 55.5 Å². The number of hydrogen-bond acceptors (Lipinski definition) is 4. The Balaban J connectivity index is 1.40. The van der Waals surface area contributed by atoms with Crippen LogP contribution in [0, 0.1) is 11.8 Å². The summed E-state index contributed by atoms with van der Waals surface area (Å²) in [4.78, 5) is 14.1. The summed E-state index contributed by atoms with van der Waals surface area (Å²) >= 11 is 0. The van der Waals surface area contributed by atoms with Crippen molar-refractivity contribution in [2.24, 2.45) is 11.8 Å². The summed E-state index contributed by atoms with van der Waals surface area (Å²) in [7, 11) is -3.58. The quantitative estimate of drug-likeness (QED) is 0.877. The molecule has 27 heavy (non-hydrogen) atoms. The van der Waals surface area contributed by atoms with Crippen LogP contribution in [0.3, 0.4) is 0 Å². The standard InChI is InChI=1S/C20H24N2O4S/c1-20(2,3)26-19(23)22-11-16-17(12-22)18(16)21-27(24,25)15-9-8-13-6-4-5-7-14(13)10-15/h4-10,16-18,21H,11-12H2,1-3H3. The number of sulfonamides is 1. The number of benzene rings is 2. The van der Waals surface area contributed by atoms with Crippen LogP contribution in [0.5, 0.6) is 0 Å². The number of likely N-dealkylation sites (tertiary alicyclic amines) is 1. The summed E-state index contributed by atoms with van der Waals surface area (Å²) in [6, 6.07) is 12.7. The van der Waals surface area contributed by atoms with Crippen LogP contribution in [0.15, 0.2) is 47.4 Å². The molecule has 2 aromatic rings. The Hall–Kier alpha value is -2.12. The molecule has 0 bridgehead atoms. The lowest BCUT2D eigenvalue weighted by Gasteiger charge is -2.26. The van der Waals surface area contributed by atoms with Crippen molar-refractivity contribution in [1.29, 1.82) is 0 Å². The number of nitrogens with one attached hydrogen (secondary N) is 1. The van der Waals surface area contributed by atoms with Crippen LogP contribution in [-0.4, -0.2) is 44.1 Å². The molecule has 0 spiro atoms. The van der Waals surface area contributed by atoms with E-state index in [-0.39, 0.29) is 28.9 Å². The summed E-state index contributed by atoms with van der Waals surface area (Å²) in [5.41, 5.74) is -0.527. The number of hydrogen-bond donors (Lipinski definition) is 1. The molecule has 2 unspecified atom stereocenters. The number of carbonyl (C=O) groups excluding carboxylic acids is 1. The highest BCUT2D eigenvalue weighted by molar-refractivity contribution is 7.89. The summed E-state index contributed by atoms with van der Waals surface area (Å²) in [6.45, 7) is 6.57. The average molecular weight is 388 g/mol. The van der Waals surface area contributed by atoms with Crippen molar-refractivity contribution >= 4 is 26.9 Å². The second-order valence-electron chi connectivity index (χ2n) is 8.37. The second kappa shape index (κ2) is 6.21. The molecule has 1 N–H and O–H groups in total. The molecule has 6 nitrogen and oxygen atoms in total. The first-order chi connectivity index (χ1) is 12.6. The van der Waals surface area contributed by atoms with Gasteiger partial charge in [-0.3, -0.25) is 0 Å². The first kappa shape index (κ1) is 18.3. The maximum absolute atomic E-state index is 12.7. The molecule has 1 amide bonds. The molecule has 0 aromatic heterocycles. The van der Waals surface area contributed by atoms with Gasteiger partial charge in [0.1, 0.15) is 5.60 Å². The van der Waals surface area contributed by atoms with E-state index in [1.165, 1.54) is 0 Å². The smallest absolute Gasteiger partial charge is 0.410 e. The third-order valence-corrected chi connectivity index (χ3v) is 6.63. The Morgan fingerprint density at radius 3 is 2.33 bits per heavy atom. The van der Waals surface area contributed by atoms with Crippen LogP contribution < -0.4 is 4.72 Å². The lowest BCUT2D eigenvalue weighted by atomic mass is 10.1. The van der Waals surface area contributed by atoms with E-state index >= 15 is 0 Å². The van der Waals surface area contributed by atoms with Gasteiger partial charge in [0.25, 0.3) is 0 Å². The first-order valence-corrected chi connectivity index (χ1v) is 10.6. The van der Waals surface area contributed by atoms with Crippen LogP contribution in [0.4, 0.5) is 4.79 Å². The number of amides is 1. The number of rotatable bonds is 3. The number of carbonyl (C=O) groups is 1. The molecule has 7 heteroatoms. The third-order valence-electron chi connectivity index (χ3n) is 5.17.